The fourth-order valence-electron chi connectivity index (χ4n) is 4.78. The molecule has 0 bridgehead atoms. The van der Waals surface area contributed by atoms with Gasteiger partial charge in [0.05, 0.1) is 24.6 Å². The average Bonchev–Trinajstić information content (AvgIpc) is 3.34. The van der Waals surface area contributed by atoms with Gasteiger partial charge in [-0.05, 0) is 40.8 Å². The number of rotatable bonds is 5. The van der Waals surface area contributed by atoms with Gasteiger partial charge in [-0.25, -0.2) is 4.98 Å². The number of halogens is 3. The summed E-state index contributed by atoms with van der Waals surface area (Å²) in [7, 11) is 0. The molecule has 1 unspecified atom stereocenters. The number of anilines is 1. The molecule has 1 amide bonds. The Morgan fingerprint density at radius 2 is 1.69 bits per heavy atom. The van der Waals surface area contributed by atoms with Gasteiger partial charge in [-0.3, -0.25) is 4.79 Å². The molecule has 1 aliphatic rings. The van der Waals surface area contributed by atoms with E-state index in [0.717, 1.165) is 33.0 Å². The van der Waals surface area contributed by atoms with E-state index in [1.54, 1.807) is 12.5 Å². The fourth-order valence-corrected chi connectivity index (χ4v) is 4.78. The SMILES string of the molecule is O=C(N1Cc2cc(-c3ccccc3)ccc2N(Cc2cnc[nH]2)CC1Cc1ccccc1)C(F)(F)F. The molecule has 0 radical (unpaired) electrons. The number of H-pyrrole nitrogens is 1. The number of carbonyl (C=O) groups excluding carboxylic acids is 1. The first kappa shape index (κ1) is 23.7. The van der Waals surface area contributed by atoms with E-state index >= 15 is 0 Å². The second-order valence-electron chi connectivity index (χ2n) is 8.94. The predicted octanol–water partition coefficient (Wildman–Crippen LogP) is 5.60. The summed E-state index contributed by atoms with van der Waals surface area (Å²) in [4.78, 5) is 22.9. The molecule has 0 saturated heterocycles. The van der Waals surface area contributed by atoms with Crippen LogP contribution in [0.1, 0.15) is 16.8 Å². The molecule has 0 fully saturated rings. The highest BCUT2D eigenvalue weighted by Crippen LogP contribution is 2.35. The molecule has 184 valence electrons. The quantitative estimate of drug-likeness (QED) is 0.396. The molecule has 1 aliphatic heterocycles. The second kappa shape index (κ2) is 9.89. The summed E-state index contributed by atoms with van der Waals surface area (Å²) in [5.41, 5.74) is 5.03. The number of hydrogen-bond donors (Lipinski definition) is 1. The lowest BCUT2D eigenvalue weighted by atomic mass is 10.0. The minimum atomic E-state index is -4.97. The number of nitrogens with zero attached hydrogens (tertiary/aromatic N) is 3. The van der Waals surface area contributed by atoms with Crippen molar-refractivity contribution in [2.45, 2.75) is 31.7 Å². The van der Waals surface area contributed by atoms with Crippen LogP contribution in [0.25, 0.3) is 11.1 Å². The molecule has 36 heavy (non-hydrogen) atoms. The number of hydrogen-bond acceptors (Lipinski definition) is 3. The first-order valence-electron chi connectivity index (χ1n) is 11.7. The molecular formula is C28H25F3N4O. The summed E-state index contributed by atoms with van der Waals surface area (Å²) in [6.45, 7) is 0.537. The summed E-state index contributed by atoms with van der Waals surface area (Å²) in [6.07, 6.45) is -1.38. The molecule has 0 saturated carbocycles. The largest absolute Gasteiger partial charge is 0.471 e. The average molecular weight is 491 g/mol. The Kier molecular flexibility index (Phi) is 6.50. The third-order valence-corrected chi connectivity index (χ3v) is 6.47. The number of aromatic nitrogens is 2. The molecule has 3 aromatic carbocycles. The number of benzene rings is 3. The number of nitrogens with one attached hydrogen (secondary N) is 1. The van der Waals surface area contributed by atoms with E-state index in [4.69, 9.17) is 0 Å². The van der Waals surface area contributed by atoms with E-state index in [9.17, 15) is 18.0 Å². The molecule has 0 spiro atoms. The van der Waals surface area contributed by atoms with Gasteiger partial charge in [-0.15, -0.1) is 0 Å². The van der Waals surface area contributed by atoms with Crippen molar-refractivity contribution >= 4 is 11.6 Å². The topological polar surface area (TPSA) is 52.2 Å². The summed E-state index contributed by atoms with van der Waals surface area (Å²) in [5.74, 6) is -1.82. The van der Waals surface area contributed by atoms with Gasteiger partial charge in [0.2, 0.25) is 0 Å². The Bertz CT molecular complexity index is 1310. The van der Waals surface area contributed by atoms with Crippen molar-refractivity contribution in [3.63, 3.8) is 0 Å². The van der Waals surface area contributed by atoms with Gasteiger partial charge in [0.15, 0.2) is 0 Å². The van der Waals surface area contributed by atoms with Gasteiger partial charge in [-0.2, -0.15) is 13.2 Å². The molecule has 8 heteroatoms. The lowest BCUT2D eigenvalue weighted by Gasteiger charge is -2.33. The zero-order chi connectivity index (χ0) is 25.1. The van der Waals surface area contributed by atoms with Gasteiger partial charge in [0, 0.05) is 25.0 Å². The first-order valence-corrected chi connectivity index (χ1v) is 11.7. The van der Waals surface area contributed by atoms with Crippen LogP contribution in [0.2, 0.25) is 0 Å². The van der Waals surface area contributed by atoms with E-state index in [1.165, 1.54) is 0 Å². The van der Waals surface area contributed by atoms with E-state index in [0.29, 0.717) is 18.5 Å². The third-order valence-electron chi connectivity index (χ3n) is 6.47. The summed E-state index contributed by atoms with van der Waals surface area (Å²) in [6, 6.07) is 24.1. The maximum atomic E-state index is 13.8. The molecule has 1 atom stereocenters. The zero-order valence-electron chi connectivity index (χ0n) is 19.4. The van der Waals surface area contributed by atoms with Gasteiger partial charge in [-0.1, -0.05) is 66.7 Å². The monoisotopic (exact) mass is 490 g/mol. The van der Waals surface area contributed by atoms with Crippen molar-refractivity contribution in [2.75, 3.05) is 11.4 Å². The van der Waals surface area contributed by atoms with E-state index < -0.39 is 18.1 Å². The number of amides is 1. The lowest BCUT2D eigenvalue weighted by Crippen LogP contribution is -2.50. The Balaban J connectivity index is 1.59. The van der Waals surface area contributed by atoms with Crippen LogP contribution in [-0.4, -0.2) is 39.5 Å². The maximum absolute atomic E-state index is 13.8. The van der Waals surface area contributed by atoms with Crippen LogP contribution < -0.4 is 4.90 Å². The van der Waals surface area contributed by atoms with Crippen molar-refractivity contribution in [2.24, 2.45) is 0 Å². The molecule has 2 heterocycles. The highest BCUT2D eigenvalue weighted by atomic mass is 19.4. The number of fused-ring (bicyclic) bond motifs is 1. The van der Waals surface area contributed by atoms with E-state index in [1.807, 2.05) is 83.8 Å². The minimum Gasteiger partial charge on any atom is -0.363 e. The van der Waals surface area contributed by atoms with Crippen molar-refractivity contribution in [3.05, 3.63) is 108 Å². The number of alkyl halides is 3. The van der Waals surface area contributed by atoms with Gasteiger partial charge >= 0.3 is 12.1 Å². The van der Waals surface area contributed by atoms with Crippen LogP contribution in [0, 0.1) is 0 Å². The van der Waals surface area contributed by atoms with Crippen LogP contribution in [0.15, 0.2) is 91.4 Å². The van der Waals surface area contributed by atoms with Gasteiger partial charge in [0.25, 0.3) is 0 Å². The van der Waals surface area contributed by atoms with Gasteiger partial charge < -0.3 is 14.8 Å². The molecule has 0 aliphatic carbocycles. The summed E-state index contributed by atoms with van der Waals surface area (Å²) in [5, 5.41) is 0. The van der Waals surface area contributed by atoms with Crippen LogP contribution in [-0.2, 0) is 24.3 Å². The van der Waals surface area contributed by atoms with Gasteiger partial charge in [0.1, 0.15) is 0 Å². The van der Waals surface area contributed by atoms with Crippen LogP contribution in [0.3, 0.4) is 0 Å². The number of aromatic amines is 1. The van der Waals surface area contributed by atoms with Crippen LogP contribution >= 0.6 is 0 Å². The maximum Gasteiger partial charge on any atom is 0.471 e. The molecule has 5 nitrogen and oxygen atoms in total. The molecule has 5 rings (SSSR count). The second-order valence-corrected chi connectivity index (χ2v) is 8.94. The Morgan fingerprint density at radius 1 is 0.972 bits per heavy atom. The van der Waals surface area contributed by atoms with Crippen LogP contribution in [0.5, 0.6) is 0 Å². The minimum absolute atomic E-state index is 0.134. The van der Waals surface area contributed by atoms with Crippen molar-refractivity contribution < 1.29 is 18.0 Å². The number of carbonyl (C=O) groups is 1. The van der Waals surface area contributed by atoms with Crippen molar-refractivity contribution in [3.8, 4) is 11.1 Å². The van der Waals surface area contributed by atoms with Crippen molar-refractivity contribution in [1.82, 2.24) is 14.9 Å². The van der Waals surface area contributed by atoms with Crippen molar-refractivity contribution in [1.29, 1.82) is 0 Å². The predicted molar refractivity (Wildman–Crippen MR) is 132 cm³/mol. The highest BCUT2D eigenvalue weighted by molar-refractivity contribution is 5.83. The number of imidazole rings is 1. The Hall–Kier alpha value is -4.07. The third kappa shape index (κ3) is 5.12. The summed E-state index contributed by atoms with van der Waals surface area (Å²) >= 11 is 0. The zero-order valence-corrected chi connectivity index (χ0v) is 19.4. The standard InChI is InChI=1S/C28H25F3N4O/c29-28(30,31)27(36)35-16-23-14-22(21-9-5-2-6-10-21)11-12-26(23)34(17-24-15-32-19-33-24)18-25(35)13-20-7-3-1-4-8-20/h1-12,14-15,19,25H,13,16-18H2,(H,32,33). The summed E-state index contributed by atoms with van der Waals surface area (Å²) < 4.78 is 41.3. The molecule has 4 aromatic rings. The molecule has 1 aromatic heterocycles. The normalized spacial score (nSPS) is 15.9. The Morgan fingerprint density at radius 3 is 2.36 bits per heavy atom. The molecule has 1 N–H and O–H groups in total. The first-order chi connectivity index (χ1) is 17.4. The lowest BCUT2D eigenvalue weighted by molar-refractivity contribution is -0.188. The molecular weight excluding hydrogens is 465 g/mol. The highest BCUT2D eigenvalue weighted by Gasteiger charge is 2.46. The van der Waals surface area contributed by atoms with E-state index in [2.05, 4.69) is 9.97 Å². The van der Waals surface area contributed by atoms with E-state index in [-0.39, 0.29) is 13.1 Å². The smallest absolute Gasteiger partial charge is 0.363 e. The Labute approximate surface area is 207 Å². The fraction of sp³-hybridized carbons (Fsp3) is 0.214. The van der Waals surface area contributed by atoms with Crippen LogP contribution in [0.4, 0.5) is 18.9 Å².